The summed E-state index contributed by atoms with van der Waals surface area (Å²) >= 11 is 0. The number of nitrogens with one attached hydrogen (secondary N) is 1. The molecule has 1 atom stereocenters. The third-order valence-corrected chi connectivity index (χ3v) is 4.02. The van der Waals surface area contributed by atoms with Gasteiger partial charge in [-0.25, -0.2) is 4.79 Å². The van der Waals surface area contributed by atoms with Crippen LogP contribution >= 0.6 is 0 Å². The molecule has 1 aromatic carbocycles. The Bertz CT molecular complexity index is 624. The van der Waals surface area contributed by atoms with Gasteiger partial charge in [-0.2, -0.15) is 0 Å². The van der Waals surface area contributed by atoms with E-state index < -0.39 is 23.4 Å². The van der Waals surface area contributed by atoms with E-state index in [0.29, 0.717) is 11.5 Å². The molecule has 0 radical (unpaired) electrons. The average molecular weight is 318 g/mol. The topological polar surface area (TPSA) is 75.7 Å². The van der Waals surface area contributed by atoms with Gasteiger partial charge < -0.3 is 10.1 Å². The summed E-state index contributed by atoms with van der Waals surface area (Å²) < 4.78 is 4.80. The van der Waals surface area contributed by atoms with Crippen molar-refractivity contribution in [2.24, 2.45) is 0 Å². The second-order valence-corrected chi connectivity index (χ2v) is 6.03. The zero-order valence-electron chi connectivity index (χ0n) is 13.9. The maximum atomic E-state index is 12.6. The zero-order chi connectivity index (χ0) is 17.2. The van der Waals surface area contributed by atoms with Gasteiger partial charge in [-0.3, -0.25) is 14.5 Å². The van der Waals surface area contributed by atoms with Crippen molar-refractivity contribution in [1.29, 1.82) is 0 Å². The lowest BCUT2D eigenvalue weighted by Gasteiger charge is -2.22. The molecular formula is C17H22N2O4. The van der Waals surface area contributed by atoms with Crippen LogP contribution in [-0.2, 0) is 19.9 Å². The van der Waals surface area contributed by atoms with Crippen LogP contribution in [0.15, 0.2) is 24.3 Å². The van der Waals surface area contributed by atoms with Gasteiger partial charge in [-0.15, -0.1) is 0 Å². The van der Waals surface area contributed by atoms with Crippen molar-refractivity contribution in [3.8, 4) is 0 Å². The molecule has 0 saturated carbocycles. The normalized spacial score (nSPS) is 20.8. The zero-order valence-corrected chi connectivity index (χ0v) is 13.9. The third kappa shape index (κ3) is 3.21. The third-order valence-electron chi connectivity index (χ3n) is 4.02. The monoisotopic (exact) mass is 318 g/mol. The van der Waals surface area contributed by atoms with Crippen LogP contribution in [0.3, 0.4) is 0 Å². The highest BCUT2D eigenvalue weighted by Crippen LogP contribution is 2.29. The SMILES string of the molecule is CCOC(=O)CN1C(=O)N[C@@](C)(c2ccc(C(C)C)cc2)C1=O. The van der Waals surface area contributed by atoms with Crippen LogP contribution in [-0.4, -0.2) is 36.0 Å². The van der Waals surface area contributed by atoms with Crippen LogP contribution in [0.2, 0.25) is 0 Å². The molecular weight excluding hydrogens is 296 g/mol. The first-order valence-corrected chi connectivity index (χ1v) is 7.69. The summed E-state index contributed by atoms with van der Waals surface area (Å²) in [7, 11) is 0. The van der Waals surface area contributed by atoms with Gasteiger partial charge >= 0.3 is 12.0 Å². The molecule has 6 nitrogen and oxygen atoms in total. The molecule has 1 N–H and O–H groups in total. The van der Waals surface area contributed by atoms with Gasteiger partial charge in [0.25, 0.3) is 5.91 Å². The molecule has 1 aliphatic rings. The maximum Gasteiger partial charge on any atom is 0.326 e. The average Bonchev–Trinajstić information content (AvgIpc) is 2.72. The van der Waals surface area contributed by atoms with Gasteiger partial charge in [0.05, 0.1) is 6.61 Å². The molecule has 1 fully saturated rings. The van der Waals surface area contributed by atoms with Gasteiger partial charge in [0.15, 0.2) is 0 Å². The van der Waals surface area contributed by atoms with Crippen molar-refractivity contribution >= 4 is 17.9 Å². The molecule has 0 unspecified atom stereocenters. The van der Waals surface area contributed by atoms with Crippen molar-refractivity contribution < 1.29 is 19.1 Å². The molecule has 23 heavy (non-hydrogen) atoms. The van der Waals surface area contributed by atoms with E-state index in [9.17, 15) is 14.4 Å². The van der Waals surface area contributed by atoms with Crippen LogP contribution < -0.4 is 5.32 Å². The summed E-state index contributed by atoms with van der Waals surface area (Å²) in [6, 6.07) is 6.97. The number of amides is 3. The number of nitrogens with zero attached hydrogens (tertiary/aromatic N) is 1. The van der Waals surface area contributed by atoms with Crippen LogP contribution in [0.25, 0.3) is 0 Å². The summed E-state index contributed by atoms with van der Waals surface area (Å²) in [6.45, 7) is 7.31. The van der Waals surface area contributed by atoms with E-state index in [1.54, 1.807) is 13.8 Å². The lowest BCUT2D eigenvalue weighted by atomic mass is 9.90. The highest BCUT2D eigenvalue weighted by Gasteiger charge is 2.49. The number of imide groups is 1. The van der Waals surface area contributed by atoms with E-state index in [-0.39, 0.29) is 13.2 Å². The van der Waals surface area contributed by atoms with E-state index in [1.165, 1.54) is 0 Å². The molecule has 0 spiro atoms. The van der Waals surface area contributed by atoms with E-state index in [0.717, 1.165) is 10.5 Å². The Morgan fingerprint density at radius 3 is 2.39 bits per heavy atom. The minimum absolute atomic E-state index is 0.205. The Balaban J connectivity index is 2.23. The van der Waals surface area contributed by atoms with Crippen molar-refractivity contribution in [1.82, 2.24) is 10.2 Å². The van der Waals surface area contributed by atoms with Gasteiger partial charge in [0.2, 0.25) is 0 Å². The van der Waals surface area contributed by atoms with E-state index in [1.807, 2.05) is 24.3 Å². The second-order valence-electron chi connectivity index (χ2n) is 6.03. The quantitative estimate of drug-likeness (QED) is 0.666. The standard InChI is InChI=1S/C17H22N2O4/c1-5-23-14(20)10-19-15(21)17(4,18-16(19)22)13-8-6-12(7-9-13)11(2)3/h6-9,11H,5,10H2,1-4H3,(H,18,22)/t17-/m0/s1. The number of urea groups is 1. The fourth-order valence-electron chi connectivity index (χ4n) is 2.57. The van der Waals surface area contributed by atoms with Crippen molar-refractivity contribution in [2.75, 3.05) is 13.2 Å². The van der Waals surface area contributed by atoms with Gasteiger partial charge in [0, 0.05) is 0 Å². The second kappa shape index (κ2) is 6.40. The predicted molar refractivity (Wildman–Crippen MR) is 84.8 cm³/mol. The van der Waals surface area contributed by atoms with Crippen molar-refractivity contribution in [3.63, 3.8) is 0 Å². The minimum Gasteiger partial charge on any atom is -0.465 e. The molecule has 3 amide bonds. The largest absolute Gasteiger partial charge is 0.465 e. The van der Waals surface area contributed by atoms with Gasteiger partial charge in [0.1, 0.15) is 12.1 Å². The molecule has 1 saturated heterocycles. The number of benzene rings is 1. The Hall–Kier alpha value is -2.37. The first-order valence-electron chi connectivity index (χ1n) is 7.69. The summed E-state index contributed by atoms with van der Waals surface area (Å²) in [5.74, 6) is -0.672. The van der Waals surface area contributed by atoms with Crippen LogP contribution in [0.1, 0.15) is 44.7 Å². The fraction of sp³-hybridized carbons (Fsp3) is 0.471. The van der Waals surface area contributed by atoms with E-state index in [4.69, 9.17) is 4.74 Å². The minimum atomic E-state index is -1.17. The number of hydrogen-bond acceptors (Lipinski definition) is 4. The highest BCUT2D eigenvalue weighted by atomic mass is 16.5. The van der Waals surface area contributed by atoms with E-state index >= 15 is 0 Å². The summed E-state index contributed by atoms with van der Waals surface area (Å²) in [5, 5.41) is 2.67. The smallest absolute Gasteiger partial charge is 0.326 e. The number of rotatable bonds is 5. The molecule has 0 aliphatic carbocycles. The van der Waals surface area contributed by atoms with E-state index in [2.05, 4.69) is 19.2 Å². The Morgan fingerprint density at radius 2 is 1.87 bits per heavy atom. The lowest BCUT2D eigenvalue weighted by Crippen LogP contribution is -2.41. The summed E-state index contributed by atoms with van der Waals surface area (Å²) in [4.78, 5) is 37.2. The number of ether oxygens (including phenoxy) is 1. The molecule has 2 rings (SSSR count). The Kier molecular flexibility index (Phi) is 4.73. The maximum absolute atomic E-state index is 12.6. The van der Waals surface area contributed by atoms with Gasteiger partial charge in [-0.05, 0) is 30.9 Å². The number of carbonyl (C=O) groups excluding carboxylic acids is 3. The van der Waals surface area contributed by atoms with Crippen LogP contribution in [0, 0.1) is 0 Å². The molecule has 1 aliphatic heterocycles. The lowest BCUT2D eigenvalue weighted by molar-refractivity contribution is -0.147. The van der Waals surface area contributed by atoms with Crippen LogP contribution in [0.5, 0.6) is 0 Å². The number of esters is 1. The fourth-order valence-corrected chi connectivity index (χ4v) is 2.57. The molecule has 0 bridgehead atoms. The number of carbonyl (C=O) groups is 3. The first-order chi connectivity index (χ1) is 10.8. The molecule has 6 heteroatoms. The molecule has 0 aromatic heterocycles. The Labute approximate surface area is 135 Å². The molecule has 1 aromatic rings. The first kappa shape index (κ1) is 17.0. The molecule has 124 valence electrons. The predicted octanol–water partition coefficient (Wildman–Crippen LogP) is 2.14. The van der Waals surface area contributed by atoms with Crippen molar-refractivity contribution in [2.45, 2.75) is 39.2 Å². The summed E-state index contributed by atoms with van der Waals surface area (Å²) in [5.41, 5.74) is 0.670. The van der Waals surface area contributed by atoms with Gasteiger partial charge in [-0.1, -0.05) is 38.1 Å². The number of hydrogen-bond donors (Lipinski definition) is 1. The summed E-state index contributed by atoms with van der Waals surface area (Å²) in [6.07, 6.45) is 0. The van der Waals surface area contributed by atoms with Crippen molar-refractivity contribution in [3.05, 3.63) is 35.4 Å². The highest BCUT2D eigenvalue weighted by molar-refractivity contribution is 6.08. The van der Waals surface area contributed by atoms with Crippen LogP contribution in [0.4, 0.5) is 4.79 Å². The molecule has 1 heterocycles. The Morgan fingerprint density at radius 1 is 1.26 bits per heavy atom.